The molecule has 2 amide bonds. The van der Waals surface area contributed by atoms with Crippen molar-refractivity contribution in [3.05, 3.63) is 68.8 Å². The Kier molecular flexibility index (Phi) is 5.35. The number of hydrogen-bond donors (Lipinski definition) is 3. The molecule has 2 aliphatic rings. The van der Waals surface area contributed by atoms with Crippen molar-refractivity contribution in [2.45, 2.75) is 12.5 Å². The van der Waals surface area contributed by atoms with Crippen LogP contribution in [-0.2, 0) is 20.8 Å². The summed E-state index contributed by atoms with van der Waals surface area (Å²) in [6.45, 7) is 0. The maximum Gasteiger partial charge on any atom is 0.327 e. The van der Waals surface area contributed by atoms with Crippen molar-refractivity contribution in [2.24, 2.45) is 0 Å². The molecule has 7 nitrogen and oxygen atoms in total. The first kappa shape index (κ1) is 20.5. The third-order valence-electron chi connectivity index (χ3n) is 4.81. The number of fused-ring (bicyclic) bond motifs is 1. The Bertz CT molecular complexity index is 1150. The molecular formula is C20H13BrClN3O4S. The first-order valence-electron chi connectivity index (χ1n) is 8.74. The minimum absolute atomic E-state index is 0.0650. The van der Waals surface area contributed by atoms with Crippen LogP contribution in [0.2, 0.25) is 5.02 Å². The van der Waals surface area contributed by atoms with Crippen LogP contribution < -0.4 is 10.6 Å². The number of carboxylic acids is 1. The molecule has 0 aliphatic carbocycles. The summed E-state index contributed by atoms with van der Waals surface area (Å²) in [5, 5.41) is 15.5. The smallest absolute Gasteiger partial charge is 0.327 e. The molecule has 4 rings (SSSR count). The number of aliphatic carboxylic acids is 1. The predicted octanol–water partition coefficient (Wildman–Crippen LogP) is 3.18. The van der Waals surface area contributed by atoms with E-state index in [0.717, 1.165) is 10.5 Å². The lowest BCUT2D eigenvalue weighted by molar-refractivity contribution is -0.145. The lowest BCUT2D eigenvalue weighted by Gasteiger charge is -2.22. The van der Waals surface area contributed by atoms with Crippen LogP contribution in [0.25, 0.3) is 5.57 Å². The summed E-state index contributed by atoms with van der Waals surface area (Å²) in [5.41, 5.74) is 1.68. The Labute approximate surface area is 189 Å². The van der Waals surface area contributed by atoms with Gasteiger partial charge in [0.05, 0.1) is 16.3 Å². The zero-order valence-electron chi connectivity index (χ0n) is 15.1. The average molecular weight is 507 g/mol. The van der Waals surface area contributed by atoms with Crippen molar-refractivity contribution < 1.29 is 19.5 Å². The number of carbonyl (C=O) groups is 3. The Balaban J connectivity index is 1.75. The molecule has 3 N–H and O–H groups in total. The molecule has 0 saturated carbocycles. The Hall–Kier alpha value is -2.75. The van der Waals surface area contributed by atoms with Crippen LogP contribution in [0.3, 0.4) is 0 Å². The second-order valence-corrected chi connectivity index (χ2v) is 8.31. The first-order valence-corrected chi connectivity index (χ1v) is 10.3. The van der Waals surface area contributed by atoms with Gasteiger partial charge in [-0.3, -0.25) is 14.5 Å². The van der Waals surface area contributed by atoms with Gasteiger partial charge in [-0.2, -0.15) is 0 Å². The van der Waals surface area contributed by atoms with Gasteiger partial charge in [0.15, 0.2) is 5.11 Å². The highest BCUT2D eigenvalue weighted by atomic mass is 79.9. The molecule has 2 aromatic carbocycles. The van der Waals surface area contributed by atoms with Gasteiger partial charge in [0, 0.05) is 16.5 Å². The molecule has 1 unspecified atom stereocenters. The molecule has 30 heavy (non-hydrogen) atoms. The fraction of sp³-hybridized carbons (Fsp3) is 0.100. The van der Waals surface area contributed by atoms with Gasteiger partial charge in [-0.05, 0) is 45.8 Å². The van der Waals surface area contributed by atoms with E-state index in [4.69, 9.17) is 23.8 Å². The number of carboxylic acid groups (broad SMARTS) is 1. The van der Waals surface area contributed by atoms with Crippen LogP contribution >= 0.6 is 39.7 Å². The van der Waals surface area contributed by atoms with Gasteiger partial charge in [-0.1, -0.05) is 41.9 Å². The summed E-state index contributed by atoms with van der Waals surface area (Å²) in [4.78, 5) is 38.7. The van der Waals surface area contributed by atoms with Crippen molar-refractivity contribution >= 4 is 73.9 Å². The van der Waals surface area contributed by atoms with Crippen molar-refractivity contribution in [1.29, 1.82) is 0 Å². The molecule has 1 saturated heterocycles. The van der Waals surface area contributed by atoms with Crippen molar-refractivity contribution in [2.75, 3.05) is 5.32 Å². The van der Waals surface area contributed by atoms with Gasteiger partial charge < -0.3 is 15.7 Å². The number of rotatable bonds is 4. The van der Waals surface area contributed by atoms with E-state index < -0.39 is 23.8 Å². The normalized spacial score (nSPS) is 18.9. The molecular weight excluding hydrogens is 494 g/mol. The zero-order valence-corrected chi connectivity index (χ0v) is 18.3. The SMILES string of the molecule is O=C1Nc2cc(Cl)c(Br)cc2C1=C1NC(=S)N(C(Cc2ccccc2)C(=O)O)C1=O. The fourth-order valence-corrected chi connectivity index (χ4v) is 4.24. The summed E-state index contributed by atoms with van der Waals surface area (Å²) < 4.78 is 0.551. The quantitative estimate of drug-likeness (QED) is 0.435. The number of nitrogens with one attached hydrogen (secondary N) is 2. The zero-order chi connectivity index (χ0) is 21.6. The predicted molar refractivity (Wildman–Crippen MR) is 119 cm³/mol. The number of halogens is 2. The monoisotopic (exact) mass is 505 g/mol. The standard InChI is InChI=1S/C20H13BrClN3O4S/c21-11-7-10-13(8-12(11)22)23-17(26)15(10)16-18(27)25(20(30)24-16)14(19(28)29)6-9-4-2-1-3-5-9/h1-5,7-8,14H,6H2,(H,23,26)(H,24,30)(H,28,29). The molecule has 2 aromatic rings. The van der Waals surface area contributed by atoms with E-state index in [0.29, 0.717) is 20.7 Å². The van der Waals surface area contributed by atoms with Crippen LogP contribution in [0.1, 0.15) is 11.1 Å². The second-order valence-electron chi connectivity index (χ2n) is 6.67. The number of hydrogen-bond acceptors (Lipinski definition) is 4. The highest BCUT2D eigenvalue weighted by molar-refractivity contribution is 9.10. The van der Waals surface area contributed by atoms with E-state index in [9.17, 15) is 19.5 Å². The Morgan fingerprint density at radius 1 is 1.20 bits per heavy atom. The van der Waals surface area contributed by atoms with E-state index in [2.05, 4.69) is 26.6 Å². The fourth-order valence-electron chi connectivity index (χ4n) is 3.42. The third kappa shape index (κ3) is 3.49. The molecule has 0 radical (unpaired) electrons. The van der Waals surface area contributed by atoms with Gasteiger partial charge in [-0.25, -0.2) is 4.79 Å². The van der Waals surface area contributed by atoms with Crippen LogP contribution in [0, 0.1) is 0 Å². The maximum atomic E-state index is 13.2. The number of thiocarbonyl (C=S) groups is 1. The van der Waals surface area contributed by atoms with Crippen molar-refractivity contribution in [3.8, 4) is 0 Å². The molecule has 152 valence electrons. The average Bonchev–Trinajstić information content (AvgIpc) is 3.15. The number of amides is 2. The topological polar surface area (TPSA) is 98.7 Å². The van der Waals surface area contributed by atoms with Gasteiger partial charge in [0.1, 0.15) is 11.7 Å². The summed E-state index contributed by atoms with van der Waals surface area (Å²) >= 11 is 14.7. The van der Waals surface area contributed by atoms with Gasteiger partial charge >= 0.3 is 5.97 Å². The van der Waals surface area contributed by atoms with E-state index in [1.807, 2.05) is 6.07 Å². The van der Waals surface area contributed by atoms with E-state index in [1.54, 1.807) is 36.4 Å². The van der Waals surface area contributed by atoms with Gasteiger partial charge in [0.25, 0.3) is 11.8 Å². The Morgan fingerprint density at radius 3 is 2.57 bits per heavy atom. The van der Waals surface area contributed by atoms with Crippen molar-refractivity contribution in [3.63, 3.8) is 0 Å². The lowest BCUT2D eigenvalue weighted by atomic mass is 10.0. The van der Waals surface area contributed by atoms with Crippen LogP contribution in [0.4, 0.5) is 5.69 Å². The van der Waals surface area contributed by atoms with E-state index in [1.165, 1.54) is 0 Å². The third-order valence-corrected chi connectivity index (χ3v) is 6.30. The molecule has 0 spiro atoms. The van der Waals surface area contributed by atoms with Crippen LogP contribution in [0.15, 0.2) is 52.6 Å². The summed E-state index contributed by atoms with van der Waals surface area (Å²) in [7, 11) is 0. The molecule has 1 atom stereocenters. The minimum atomic E-state index is -1.22. The van der Waals surface area contributed by atoms with Crippen LogP contribution in [-0.4, -0.2) is 38.9 Å². The Morgan fingerprint density at radius 2 is 1.90 bits per heavy atom. The maximum absolute atomic E-state index is 13.2. The molecule has 1 fully saturated rings. The molecule has 0 aromatic heterocycles. The number of nitrogens with zero attached hydrogens (tertiary/aromatic N) is 1. The molecule has 10 heteroatoms. The molecule has 2 heterocycles. The minimum Gasteiger partial charge on any atom is -0.480 e. The first-order chi connectivity index (χ1) is 14.3. The summed E-state index contributed by atoms with van der Waals surface area (Å²) in [6.07, 6.45) is 0.0658. The van der Waals surface area contributed by atoms with Crippen LogP contribution in [0.5, 0.6) is 0 Å². The highest BCUT2D eigenvalue weighted by Gasteiger charge is 2.43. The van der Waals surface area contributed by atoms with Gasteiger partial charge in [-0.15, -0.1) is 0 Å². The van der Waals surface area contributed by atoms with E-state index >= 15 is 0 Å². The second kappa shape index (κ2) is 7.82. The number of benzene rings is 2. The largest absolute Gasteiger partial charge is 0.480 e. The number of carbonyl (C=O) groups excluding carboxylic acids is 2. The molecule has 2 aliphatic heterocycles. The van der Waals surface area contributed by atoms with Crippen molar-refractivity contribution in [1.82, 2.24) is 10.2 Å². The summed E-state index contributed by atoms with van der Waals surface area (Å²) in [6, 6.07) is 10.9. The molecule has 0 bridgehead atoms. The number of anilines is 1. The van der Waals surface area contributed by atoms with Gasteiger partial charge in [0.2, 0.25) is 0 Å². The van der Waals surface area contributed by atoms with E-state index in [-0.39, 0.29) is 22.8 Å². The highest BCUT2D eigenvalue weighted by Crippen LogP contribution is 2.40. The lowest BCUT2D eigenvalue weighted by Crippen LogP contribution is -2.46. The summed E-state index contributed by atoms with van der Waals surface area (Å²) in [5.74, 6) is -2.38.